The molecule has 1 aromatic rings. The van der Waals surface area contributed by atoms with Gasteiger partial charge in [0.25, 0.3) is 0 Å². The standard InChI is InChI=1S/C9H13O3P/c1-3-8-5-4-7(2)9(6-8)13(10,11)12/h4-6H,3H2,1-2H3,(H2,10,11,12). The average Bonchev–Trinajstić information content (AvgIpc) is 2.03. The number of rotatable bonds is 2. The Bertz CT molecular complexity index is 354. The number of aryl methyl sites for hydroxylation is 2. The van der Waals surface area contributed by atoms with Gasteiger partial charge < -0.3 is 9.79 Å². The second-order valence-corrected chi connectivity index (χ2v) is 4.59. The summed E-state index contributed by atoms with van der Waals surface area (Å²) < 4.78 is 11.0. The molecule has 0 aliphatic rings. The molecule has 72 valence electrons. The molecule has 4 heteroatoms. The van der Waals surface area contributed by atoms with Crippen LogP contribution in [0.4, 0.5) is 0 Å². The van der Waals surface area contributed by atoms with Crippen molar-refractivity contribution < 1.29 is 14.4 Å². The highest BCUT2D eigenvalue weighted by Gasteiger charge is 2.19. The van der Waals surface area contributed by atoms with Crippen LogP contribution in [0.25, 0.3) is 0 Å². The first-order chi connectivity index (χ1) is 5.95. The quantitative estimate of drug-likeness (QED) is 0.708. The molecule has 0 aliphatic carbocycles. The van der Waals surface area contributed by atoms with Crippen LogP contribution < -0.4 is 5.30 Å². The van der Waals surface area contributed by atoms with Gasteiger partial charge in [0.05, 0.1) is 5.30 Å². The van der Waals surface area contributed by atoms with E-state index in [0.29, 0.717) is 5.56 Å². The van der Waals surface area contributed by atoms with Gasteiger partial charge in [-0.25, -0.2) is 0 Å². The third-order valence-corrected chi connectivity index (χ3v) is 3.11. The number of hydrogen-bond acceptors (Lipinski definition) is 1. The van der Waals surface area contributed by atoms with Crippen molar-refractivity contribution in [1.82, 2.24) is 0 Å². The fourth-order valence-corrected chi connectivity index (χ4v) is 2.06. The summed E-state index contributed by atoms with van der Waals surface area (Å²) in [5, 5.41) is 0.145. The van der Waals surface area contributed by atoms with Crippen molar-refractivity contribution in [3.63, 3.8) is 0 Å². The van der Waals surface area contributed by atoms with Crippen LogP contribution in [0.5, 0.6) is 0 Å². The molecule has 2 N–H and O–H groups in total. The lowest BCUT2D eigenvalue weighted by Crippen LogP contribution is -2.09. The molecule has 0 saturated heterocycles. The molecule has 0 aromatic heterocycles. The maximum absolute atomic E-state index is 11.0. The van der Waals surface area contributed by atoms with Crippen LogP contribution in [0, 0.1) is 6.92 Å². The van der Waals surface area contributed by atoms with E-state index < -0.39 is 7.60 Å². The monoisotopic (exact) mass is 200 g/mol. The zero-order chi connectivity index (χ0) is 10.1. The zero-order valence-electron chi connectivity index (χ0n) is 7.69. The zero-order valence-corrected chi connectivity index (χ0v) is 8.58. The fourth-order valence-electron chi connectivity index (χ4n) is 1.19. The molecule has 0 fully saturated rings. The van der Waals surface area contributed by atoms with Gasteiger partial charge in [-0.1, -0.05) is 19.1 Å². The van der Waals surface area contributed by atoms with Crippen LogP contribution in [0.1, 0.15) is 18.1 Å². The minimum absolute atomic E-state index is 0.145. The van der Waals surface area contributed by atoms with Crippen molar-refractivity contribution in [2.75, 3.05) is 0 Å². The smallest absolute Gasteiger partial charge is 0.321 e. The van der Waals surface area contributed by atoms with Gasteiger partial charge in [-0.05, 0) is 30.5 Å². The lowest BCUT2D eigenvalue weighted by Gasteiger charge is -2.08. The predicted molar refractivity (Wildman–Crippen MR) is 52.2 cm³/mol. The van der Waals surface area contributed by atoms with Crippen molar-refractivity contribution >= 4 is 12.9 Å². The Morgan fingerprint density at radius 1 is 1.38 bits per heavy atom. The molecule has 3 nitrogen and oxygen atoms in total. The van der Waals surface area contributed by atoms with Gasteiger partial charge in [0.1, 0.15) is 0 Å². The molecule has 0 unspecified atom stereocenters. The van der Waals surface area contributed by atoms with Crippen LogP contribution in [-0.2, 0) is 11.0 Å². The molecule has 1 rings (SSSR count). The summed E-state index contributed by atoms with van der Waals surface area (Å²) >= 11 is 0. The van der Waals surface area contributed by atoms with E-state index in [9.17, 15) is 4.57 Å². The van der Waals surface area contributed by atoms with E-state index >= 15 is 0 Å². The maximum atomic E-state index is 11.0. The summed E-state index contributed by atoms with van der Waals surface area (Å²) in [5.41, 5.74) is 1.59. The minimum Gasteiger partial charge on any atom is -0.321 e. The second kappa shape index (κ2) is 3.62. The van der Waals surface area contributed by atoms with E-state index in [-0.39, 0.29) is 5.30 Å². The van der Waals surface area contributed by atoms with Gasteiger partial charge in [-0.15, -0.1) is 0 Å². The van der Waals surface area contributed by atoms with Crippen molar-refractivity contribution in [3.05, 3.63) is 29.3 Å². The van der Waals surface area contributed by atoms with Crippen LogP contribution >= 0.6 is 7.60 Å². The van der Waals surface area contributed by atoms with Crippen LogP contribution in [-0.4, -0.2) is 9.79 Å². The Morgan fingerprint density at radius 2 is 2.00 bits per heavy atom. The van der Waals surface area contributed by atoms with Gasteiger partial charge in [-0.2, -0.15) is 0 Å². The lowest BCUT2D eigenvalue weighted by molar-refractivity contribution is 0.387. The van der Waals surface area contributed by atoms with E-state index in [0.717, 1.165) is 12.0 Å². The third-order valence-electron chi connectivity index (χ3n) is 2.00. The summed E-state index contributed by atoms with van der Waals surface area (Å²) in [6.07, 6.45) is 0.785. The molecular formula is C9H13O3P. The largest absolute Gasteiger partial charge is 0.356 e. The van der Waals surface area contributed by atoms with Crippen molar-refractivity contribution in [1.29, 1.82) is 0 Å². The maximum Gasteiger partial charge on any atom is 0.356 e. The van der Waals surface area contributed by atoms with Crippen LogP contribution in [0.3, 0.4) is 0 Å². The summed E-state index contributed by atoms with van der Waals surface area (Å²) in [7, 11) is -4.10. The molecule has 1 aromatic carbocycles. The Morgan fingerprint density at radius 3 is 2.46 bits per heavy atom. The SMILES string of the molecule is CCc1ccc(C)c(P(=O)(O)O)c1. The van der Waals surface area contributed by atoms with Crippen molar-refractivity contribution in [2.24, 2.45) is 0 Å². The first-order valence-corrected chi connectivity index (χ1v) is 5.72. The van der Waals surface area contributed by atoms with E-state index in [1.165, 1.54) is 0 Å². The van der Waals surface area contributed by atoms with E-state index in [1.54, 1.807) is 19.1 Å². The molecule has 0 bridgehead atoms. The van der Waals surface area contributed by atoms with E-state index in [4.69, 9.17) is 9.79 Å². The highest BCUT2D eigenvalue weighted by Crippen LogP contribution is 2.34. The highest BCUT2D eigenvalue weighted by molar-refractivity contribution is 7.60. The second-order valence-electron chi connectivity index (χ2n) is 3.02. The molecule has 0 saturated carbocycles. The molecular weight excluding hydrogens is 187 g/mol. The van der Waals surface area contributed by atoms with Gasteiger partial charge in [0.15, 0.2) is 0 Å². The first-order valence-electron chi connectivity index (χ1n) is 4.10. The summed E-state index contributed by atoms with van der Waals surface area (Å²) in [6.45, 7) is 3.65. The molecule has 0 radical (unpaired) electrons. The Balaban J connectivity index is 3.27. The molecule has 0 atom stereocenters. The van der Waals surface area contributed by atoms with Crippen molar-refractivity contribution in [2.45, 2.75) is 20.3 Å². The molecule has 0 amide bonds. The first kappa shape index (κ1) is 10.5. The van der Waals surface area contributed by atoms with Crippen LogP contribution in [0.15, 0.2) is 18.2 Å². The topological polar surface area (TPSA) is 57.5 Å². The Kier molecular flexibility index (Phi) is 2.91. The van der Waals surface area contributed by atoms with Gasteiger partial charge in [-0.3, -0.25) is 4.57 Å². The molecule has 0 spiro atoms. The molecule has 0 heterocycles. The fraction of sp³-hybridized carbons (Fsp3) is 0.333. The normalized spacial score (nSPS) is 11.7. The Hall–Kier alpha value is -0.630. The third kappa shape index (κ3) is 2.41. The van der Waals surface area contributed by atoms with E-state index in [2.05, 4.69) is 0 Å². The molecule has 0 aliphatic heterocycles. The minimum atomic E-state index is -4.10. The highest BCUT2D eigenvalue weighted by atomic mass is 31.2. The van der Waals surface area contributed by atoms with Crippen molar-refractivity contribution in [3.8, 4) is 0 Å². The van der Waals surface area contributed by atoms with Gasteiger partial charge in [0, 0.05) is 0 Å². The van der Waals surface area contributed by atoms with E-state index in [1.807, 2.05) is 13.0 Å². The molecule has 13 heavy (non-hydrogen) atoms. The average molecular weight is 200 g/mol. The lowest BCUT2D eigenvalue weighted by atomic mass is 10.1. The summed E-state index contributed by atoms with van der Waals surface area (Å²) in [6, 6.07) is 5.21. The van der Waals surface area contributed by atoms with Gasteiger partial charge in [0.2, 0.25) is 0 Å². The summed E-state index contributed by atoms with van der Waals surface area (Å²) in [5.74, 6) is 0. The number of hydrogen-bond donors (Lipinski definition) is 2. The van der Waals surface area contributed by atoms with Gasteiger partial charge >= 0.3 is 7.60 Å². The van der Waals surface area contributed by atoms with Crippen LogP contribution in [0.2, 0.25) is 0 Å². The Labute approximate surface area is 77.6 Å². The predicted octanol–water partition coefficient (Wildman–Crippen LogP) is 1.36. The summed E-state index contributed by atoms with van der Waals surface area (Å²) in [4.78, 5) is 18.0. The number of benzene rings is 1.